The van der Waals surface area contributed by atoms with Gasteiger partial charge in [0.2, 0.25) is 0 Å². The zero-order chi connectivity index (χ0) is 17.2. The van der Waals surface area contributed by atoms with Crippen LogP contribution < -0.4 is 5.32 Å². The highest BCUT2D eigenvalue weighted by atomic mass is 16.1. The van der Waals surface area contributed by atoms with Gasteiger partial charge >= 0.3 is 0 Å². The van der Waals surface area contributed by atoms with Gasteiger partial charge in [-0.3, -0.25) is 9.20 Å². The van der Waals surface area contributed by atoms with Crippen molar-refractivity contribution in [3.8, 4) is 5.69 Å². The summed E-state index contributed by atoms with van der Waals surface area (Å²) in [6, 6.07) is 12.4. The molecular formula is C16H14N8O. The van der Waals surface area contributed by atoms with Crippen molar-refractivity contribution in [2.75, 3.05) is 0 Å². The molecule has 0 aliphatic rings. The van der Waals surface area contributed by atoms with E-state index in [1.165, 1.54) is 11.0 Å². The molecule has 25 heavy (non-hydrogen) atoms. The fraction of sp³-hybridized carbons (Fsp3) is 0.125. The predicted molar refractivity (Wildman–Crippen MR) is 88.0 cm³/mol. The third-order valence-electron chi connectivity index (χ3n) is 3.82. The zero-order valence-corrected chi connectivity index (χ0v) is 13.3. The number of nitrogens with zero attached hydrogens (tertiary/aromatic N) is 7. The van der Waals surface area contributed by atoms with Crippen LogP contribution >= 0.6 is 0 Å². The Balaban J connectivity index is 1.63. The fourth-order valence-corrected chi connectivity index (χ4v) is 2.63. The van der Waals surface area contributed by atoms with Crippen LogP contribution in [-0.2, 0) is 0 Å². The van der Waals surface area contributed by atoms with Gasteiger partial charge in [-0.25, -0.2) is 0 Å². The first-order valence-corrected chi connectivity index (χ1v) is 7.67. The summed E-state index contributed by atoms with van der Waals surface area (Å²) in [5.41, 5.74) is 1.80. The van der Waals surface area contributed by atoms with Gasteiger partial charge in [-0.05, 0) is 41.6 Å². The smallest absolute Gasteiger partial charge is 0.254 e. The maximum Gasteiger partial charge on any atom is 0.254 e. The van der Waals surface area contributed by atoms with Crippen LogP contribution in [0, 0.1) is 0 Å². The molecule has 4 aromatic rings. The van der Waals surface area contributed by atoms with Gasteiger partial charge < -0.3 is 5.32 Å². The van der Waals surface area contributed by atoms with Crippen molar-refractivity contribution >= 4 is 11.6 Å². The van der Waals surface area contributed by atoms with Gasteiger partial charge in [0.25, 0.3) is 5.91 Å². The van der Waals surface area contributed by atoms with Gasteiger partial charge in [-0.2, -0.15) is 4.68 Å². The van der Waals surface area contributed by atoms with E-state index < -0.39 is 0 Å². The first-order chi connectivity index (χ1) is 12.2. The number of aromatic nitrogens is 7. The Kier molecular flexibility index (Phi) is 3.65. The summed E-state index contributed by atoms with van der Waals surface area (Å²) in [7, 11) is 0. The highest BCUT2D eigenvalue weighted by Gasteiger charge is 2.19. The summed E-state index contributed by atoms with van der Waals surface area (Å²) in [6.45, 7) is 1.86. The number of hydrogen-bond acceptors (Lipinski definition) is 6. The van der Waals surface area contributed by atoms with Crippen LogP contribution in [0.5, 0.6) is 0 Å². The maximum absolute atomic E-state index is 12.8. The van der Waals surface area contributed by atoms with Gasteiger partial charge in [0.1, 0.15) is 6.33 Å². The van der Waals surface area contributed by atoms with Gasteiger partial charge in [0.15, 0.2) is 11.5 Å². The van der Waals surface area contributed by atoms with Crippen molar-refractivity contribution in [1.82, 2.24) is 40.1 Å². The highest BCUT2D eigenvalue weighted by Crippen LogP contribution is 2.16. The lowest BCUT2D eigenvalue weighted by Gasteiger charge is -2.14. The quantitative estimate of drug-likeness (QED) is 0.601. The van der Waals surface area contributed by atoms with Crippen LogP contribution in [0.2, 0.25) is 0 Å². The molecule has 0 fully saturated rings. The number of tetrazole rings is 1. The molecule has 0 spiro atoms. The van der Waals surface area contributed by atoms with E-state index in [1.807, 2.05) is 41.8 Å². The van der Waals surface area contributed by atoms with E-state index in [4.69, 9.17) is 0 Å². The number of hydrogen-bond donors (Lipinski definition) is 1. The Morgan fingerprint density at radius 1 is 1.12 bits per heavy atom. The zero-order valence-electron chi connectivity index (χ0n) is 13.3. The maximum atomic E-state index is 12.8. The molecule has 0 aliphatic carbocycles. The monoisotopic (exact) mass is 334 g/mol. The molecule has 0 saturated heterocycles. The van der Waals surface area contributed by atoms with Crippen LogP contribution in [0.25, 0.3) is 11.3 Å². The van der Waals surface area contributed by atoms with Gasteiger partial charge in [-0.1, -0.05) is 18.2 Å². The highest BCUT2D eigenvalue weighted by molar-refractivity contribution is 5.97. The molecule has 0 bridgehead atoms. The van der Waals surface area contributed by atoms with Gasteiger partial charge in [0, 0.05) is 6.20 Å². The van der Waals surface area contributed by atoms with Crippen molar-refractivity contribution in [3.63, 3.8) is 0 Å². The Morgan fingerprint density at radius 3 is 2.80 bits per heavy atom. The number of carbonyl (C=O) groups is 1. The van der Waals surface area contributed by atoms with Crippen LogP contribution in [0.4, 0.5) is 0 Å². The minimum Gasteiger partial charge on any atom is -0.342 e. The third kappa shape index (κ3) is 2.71. The van der Waals surface area contributed by atoms with Crippen LogP contribution in [0.3, 0.4) is 0 Å². The number of carbonyl (C=O) groups excluding carboxylic acids is 1. The van der Waals surface area contributed by atoms with Crippen LogP contribution in [-0.4, -0.2) is 40.7 Å². The Bertz CT molecular complexity index is 1020. The largest absolute Gasteiger partial charge is 0.342 e. The lowest BCUT2D eigenvalue weighted by atomic mass is 10.1. The van der Waals surface area contributed by atoms with E-state index in [-0.39, 0.29) is 11.9 Å². The molecule has 9 nitrogen and oxygen atoms in total. The predicted octanol–water partition coefficient (Wildman–Crippen LogP) is 1.20. The number of fused-ring (bicyclic) bond motifs is 1. The number of benzene rings is 1. The molecule has 1 unspecified atom stereocenters. The molecule has 0 aliphatic heterocycles. The molecular weight excluding hydrogens is 320 g/mol. The molecule has 1 N–H and O–H groups in total. The van der Waals surface area contributed by atoms with Gasteiger partial charge in [0.05, 0.1) is 17.3 Å². The molecule has 0 saturated carbocycles. The first kappa shape index (κ1) is 14.9. The van der Waals surface area contributed by atoms with Crippen molar-refractivity contribution in [2.45, 2.75) is 13.0 Å². The molecule has 1 aromatic carbocycles. The van der Waals surface area contributed by atoms with E-state index in [9.17, 15) is 4.79 Å². The lowest BCUT2D eigenvalue weighted by molar-refractivity contribution is 0.0938. The van der Waals surface area contributed by atoms with Gasteiger partial charge in [-0.15, -0.1) is 15.3 Å². The van der Waals surface area contributed by atoms with Crippen LogP contribution in [0.1, 0.15) is 29.1 Å². The molecule has 1 amide bonds. The molecule has 3 heterocycles. The molecule has 1 atom stereocenters. The summed E-state index contributed by atoms with van der Waals surface area (Å²) < 4.78 is 3.30. The lowest BCUT2D eigenvalue weighted by Crippen LogP contribution is -2.29. The van der Waals surface area contributed by atoms with E-state index >= 15 is 0 Å². The van der Waals surface area contributed by atoms with E-state index in [2.05, 4.69) is 31.0 Å². The Labute approximate surface area is 142 Å². The normalized spacial score (nSPS) is 12.2. The molecule has 3 aromatic heterocycles. The van der Waals surface area contributed by atoms with E-state index in [0.717, 1.165) is 5.65 Å². The second-order valence-electron chi connectivity index (χ2n) is 5.45. The first-order valence-electron chi connectivity index (χ1n) is 7.67. The van der Waals surface area contributed by atoms with Crippen molar-refractivity contribution < 1.29 is 4.79 Å². The Morgan fingerprint density at radius 2 is 1.96 bits per heavy atom. The van der Waals surface area contributed by atoms with E-state index in [0.29, 0.717) is 17.1 Å². The summed E-state index contributed by atoms with van der Waals surface area (Å²) in [5, 5.41) is 22.3. The number of para-hydroxylation sites is 1. The van der Waals surface area contributed by atoms with Crippen LogP contribution in [0.15, 0.2) is 55.0 Å². The minimum atomic E-state index is -0.327. The average Bonchev–Trinajstić information content (AvgIpc) is 3.31. The van der Waals surface area contributed by atoms with Crippen molar-refractivity contribution in [3.05, 3.63) is 66.4 Å². The summed E-state index contributed by atoms with van der Waals surface area (Å²) in [5.74, 6) is 0.412. The topological polar surface area (TPSA) is 103 Å². The van der Waals surface area contributed by atoms with Crippen molar-refractivity contribution in [2.24, 2.45) is 0 Å². The fourth-order valence-electron chi connectivity index (χ4n) is 2.63. The molecule has 9 heteroatoms. The SMILES string of the molecule is CC(NC(=O)c1ccccc1-n1cnnn1)c1nnc2ccccn12. The van der Waals surface area contributed by atoms with E-state index in [1.54, 1.807) is 18.2 Å². The molecule has 4 rings (SSSR count). The third-order valence-corrected chi connectivity index (χ3v) is 3.82. The summed E-state index contributed by atoms with van der Waals surface area (Å²) in [4.78, 5) is 12.8. The number of nitrogens with one attached hydrogen (secondary N) is 1. The Hall–Kier alpha value is -3.62. The molecule has 124 valence electrons. The van der Waals surface area contributed by atoms with Crippen molar-refractivity contribution in [1.29, 1.82) is 0 Å². The summed E-state index contributed by atoms with van der Waals surface area (Å²) in [6.07, 6.45) is 3.31. The second-order valence-corrected chi connectivity index (χ2v) is 5.45. The number of amides is 1. The standard InChI is InChI=1S/C16H14N8O/c1-11(15-20-19-14-8-4-5-9-23(14)15)18-16(25)12-6-2-3-7-13(12)24-10-17-21-22-24/h2-11H,1H3,(H,18,25). The minimum absolute atomic E-state index is 0.244. The average molecular weight is 334 g/mol. The summed E-state index contributed by atoms with van der Waals surface area (Å²) >= 11 is 0. The number of rotatable bonds is 4. The molecule has 0 radical (unpaired) electrons. The number of pyridine rings is 1. The second kappa shape index (κ2) is 6.11.